The number of thiazole rings is 1. The highest BCUT2D eigenvalue weighted by Crippen LogP contribution is 2.36. The molecule has 0 aliphatic carbocycles. The van der Waals surface area contributed by atoms with Crippen molar-refractivity contribution in [3.8, 4) is 0 Å². The highest BCUT2D eigenvalue weighted by Gasteiger charge is 2.44. The van der Waals surface area contributed by atoms with Crippen LogP contribution in [0.25, 0.3) is 6.08 Å². The zero-order valence-electron chi connectivity index (χ0n) is 21.5. The Bertz CT molecular complexity index is 1000. The van der Waals surface area contributed by atoms with Crippen LogP contribution in [0, 0.1) is 17.3 Å². The summed E-state index contributed by atoms with van der Waals surface area (Å²) in [6.45, 7) is 8.53. The van der Waals surface area contributed by atoms with Gasteiger partial charge in [-0.05, 0) is 37.3 Å². The van der Waals surface area contributed by atoms with Gasteiger partial charge >= 0.3 is 11.9 Å². The molecule has 1 aromatic heterocycles. The lowest BCUT2D eigenvalue weighted by atomic mass is 9.73. The molecule has 10 heteroatoms. The lowest BCUT2D eigenvalue weighted by Gasteiger charge is -2.34. The third-order valence-corrected chi connectivity index (χ3v) is 8.33. The van der Waals surface area contributed by atoms with Crippen LogP contribution in [0.3, 0.4) is 0 Å². The quantitative estimate of drug-likeness (QED) is 0.400. The number of aliphatic hydroxyl groups excluding tert-OH is 2. The average Bonchev–Trinajstić information content (AvgIpc) is 3.36. The Hall–Kier alpha value is -2.14. The summed E-state index contributed by atoms with van der Waals surface area (Å²) in [6.07, 6.45) is 1.23. The molecular formula is C26H37NO8S. The topological polar surface area (TPSA) is 147 Å². The van der Waals surface area contributed by atoms with E-state index in [9.17, 15) is 24.6 Å². The molecule has 0 aromatic carbocycles. The van der Waals surface area contributed by atoms with Gasteiger partial charge in [-0.2, -0.15) is 0 Å². The number of nitrogens with zero attached hydrogens (tertiary/aromatic N) is 1. The van der Waals surface area contributed by atoms with Crippen molar-refractivity contribution in [2.45, 2.75) is 97.2 Å². The van der Waals surface area contributed by atoms with Gasteiger partial charge in [0.25, 0.3) is 0 Å². The van der Waals surface area contributed by atoms with Crippen molar-refractivity contribution < 1.29 is 39.2 Å². The van der Waals surface area contributed by atoms with E-state index in [-0.39, 0.29) is 35.3 Å². The third-order valence-electron chi connectivity index (χ3n) is 7.48. The zero-order chi connectivity index (χ0) is 26.8. The minimum atomic E-state index is -1.29. The third kappa shape index (κ3) is 6.79. The number of ketones is 1. The van der Waals surface area contributed by atoms with Gasteiger partial charge in [0.05, 0.1) is 41.9 Å². The van der Waals surface area contributed by atoms with Crippen molar-refractivity contribution in [3.05, 3.63) is 21.7 Å². The first kappa shape index (κ1) is 28.4. The predicted molar refractivity (Wildman–Crippen MR) is 133 cm³/mol. The normalized spacial score (nSPS) is 34.5. The summed E-state index contributed by atoms with van der Waals surface area (Å²) in [5.41, 5.74) is -0.120. The number of hydrogen-bond acceptors (Lipinski definition) is 9. The molecule has 3 rings (SSSR count). The maximum atomic E-state index is 13.2. The number of Topliss-reactive ketones (excluding diaryl/α,β-unsaturated/α-hetero) is 1. The number of carbonyl (C=O) groups is 3. The van der Waals surface area contributed by atoms with Gasteiger partial charge in [-0.25, -0.2) is 9.78 Å². The smallest absolute Gasteiger partial charge is 0.365 e. The summed E-state index contributed by atoms with van der Waals surface area (Å²) in [4.78, 5) is 41.2. The second kappa shape index (κ2) is 11.5. The van der Waals surface area contributed by atoms with Gasteiger partial charge in [0.2, 0.25) is 5.01 Å². The van der Waals surface area contributed by atoms with E-state index in [0.717, 1.165) is 30.6 Å². The van der Waals surface area contributed by atoms with Crippen molar-refractivity contribution in [2.75, 3.05) is 0 Å². The highest BCUT2D eigenvalue weighted by atomic mass is 32.1. The van der Waals surface area contributed by atoms with Gasteiger partial charge in [0, 0.05) is 17.7 Å². The second-order valence-electron chi connectivity index (χ2n) is 10.7. The van der Waals surface area contributed by atoms with Gasteiger partial charge < -0.3 is 24.8 Å². The molecule has 2 aliphatic rings. The van der Waals surface area contributed by atoms with Crippen LogP contribution in [0.15, 0.2) is 11.0 Å². The van der Waals surface area contributed by atoms with Crippen LogP contribution < -0.4 is 0 Å². The molecule has 0 radical (unpaired) electrons. The monoisotopic (exact) mass is 523 g/mol. The van der Waals surface area contributed by atoms with Crippen LogP contribution in [-0.2, 0) is 19.1 Å². The van der Waals surface area contributed by atoms with E-state index in [4.69, 9.17) is 14.6 Å². The van der Waals surface area contributed by atoms with E-state index in [1.54, 1.807) is 39.2 Å². The molecule has 2 saturated heterocycles. The number of cyclic esters (lactones) is 1. The van der Waals surface area contributed by atoms with Gasteiger partial charge in [-0.15, -0.1) is 11.3 Å². The molecule has 36 heavy (non-hydrogen) atoms. The number of carbonyl (C=O) groups excluding carboxylic acids is 2. The van der Waals surface area contributed by atoms with E-state index in [1.807, 2.05) is 6.92 Å². The second-order valence-corrected chi connectivity index (χ2v) is 11.5. The lowest BCUT2D eigenvalue weighted by Crippen LogP contribution is -2.45. The summed E-state index contributed by atoms with van der Waals surface area (Å²) in [5, 5.41) is 32.3. The van der Waals surface area contributed by atoms with E-state index in [2.05, 4.69) is 4.98 Å². The minimum Gasteiger partial charge on any atom is -0.476 e. The number of carboxylic acids is 1. The standard InChI is InChI=1S/C26H37NO8S/c1-13-7-6-8-17-19(34-17)10-18(14(2)9-16-12-36-24(27-16)25(32)33)35-21(29)11-20(28)26(4,5)23(31)15(3)22(13)30/h9,12-13,15,17-20,22,28,30H,6-8,10-11H2,1-5H3,(H,32,33)/t13-,15+,17+,18-,19-,20-,22-/m0/s1. The fraction of sp³-hybridized carbons (Fsp3) is 0.692. The van der Waals surface area contributed by atoms with Gasteiger partial charge in [0.15, 0.2) is 0 Å². The molecule has 2 fully saturated rings. The number of ether oxygens (including phenoxy) is 2. The molecule has 9 nitrogen and oxygen atoms in total. The molecule has 0 unspecified atom stereocenters. The first-order valence-electron chi connectivity index (χ1n) is 12.4. The predicted octanol–water partition coefficient (Wildman–Crippen LogP) is 3.48. The SMILES string of the molecule is CC(=Cc1csc(C(=O)O)n1)[C@@H]1C[C@@H]2O[C@@H]2CCC[C@H](C)[C@H](O)[C@@H](C)C(=O)C(C)(C)[C@@H](O)CC(=O)O1. The summed E-state index contributed by atoms with van der Waals surface area (Å²) in [5.74, 6) is -2.85. The van der Waals surface area contributed by atoms with Crippen LogP contribution in [0.1, 0.15) is 82.2 Å². The van der Waals surface area contributed by atoms with Crippen molar-refractivity contribution in [1.82, 2.24) is 4.98 Å². The van der Waals surface area contributed by atoms with Crippen LogP contribution in [0.4, 0.5) is 0 Å². The van der Waals surface area contributed by atoms with E-state index in [0.29, 0.717) is 17.7 Å². The molecule has 0 spiro atoms. The Morgan fingerprint density at radius 2 is 1.89 bits per heavy atom. The Morgan fingerprint density at radius 1 is 1.19 bits per heavy atom. The number of esters is 1. The first-order chi connectivity index (χ1) is 16.8. The van der Waals surface area contributed by atoms with Crippen molar-refractivity contribution in [3.63, 3.8) is 0 Å². The number of aromatic carboxylic acids is 1. The lowest BCUT2D eigenvalue weighted by molar-refractivity contribution is -0.154. The first-order valence-corrected chi connectivity index (χ1v) is 13.3. The molecule has 2 aliphatic heterocycles. The Kier molecular flexibility index (Phi) is 9.08. The summed E-state index contributed by atoms with van der Waals surface area (Å²) < 4.78 is 11.6. The number of rotatable bonds is 3. The molecule has 7 atom stereocenters. The summed E-state index contributed by atoms with van der Waals surface area (Å²) >= 11 is 1.01. The number of fused-ring (bicyclic) bond motifs is 1. The van der Waals surface area contributed by atoms with Gasteiger partial charge in [-0.1, -0.05) is 34.1 Å². The zero-order valence-corrected chi connectivity index (χ0v) is 22.3. The molecule has 0 amide bonds. The molecule has 1 aromatic rings. The molecule has 3 N–H and O–H groups in total. The van der Waals surface area contributed by atoms with Gasteiger partial charge in [0.1, 0.15) is 11.9 Å². The maximum absolute atomic E-state index is 13.2. The average molecular weight is 524 g/mol. The Balaban J connectivity index is 1.82. The number of epoxide rings is 1. The van der Waals surface area contributed by atoms with E-state index < -0.39 is 41.6 Å². The van der Waals surface area contributed by atoms with Crippen LogP contribution in [-0.4, -0.2) is 68.5 Å². The minimum absolute atomic E-state index is 0.0257. The largest absolute Gasteiger partial charge is 0.476 e. The molecule has 3 heterocycles. The van der Waals surface area contributed by atoms with Crippen molar-refractivity contribution >= 4 is 35.1 Å². The molecule has 200 valence electrons. The number of hydrogen-bond donors (Lipinski definition) is 3. The number of aromatic nitrogens is 1. The Labute approximate surface area is 215 Å². The van der Waals surface area contributed by atoms with E-state index in [1.165, 1.54) is 0 Å². The number of carboxylic acid groups (broad SMARTS) is 1. The van der Waals surface area contributed by atoms with Crippen LogP contribution in [0.2, 0.25) is 0 Å². The van der Waals surface area contributed by atoms with E-state index >= 15 is 0 Å². The highest BCUT2D eigenvalue weighted by molar-refractivity contribution is 7.11. The van der Waals surface area contributed by atoms with Crippen LogP contribution >= 0.6 is 11.3 Å². The van der Waals surface area contributed by atoms with Crippen molar-refractivity contribution in [2.24, 2.45) is 17.3 Å². The van der Waals surface area contributed by atoms with Crippen molar-refractivity contribution in [1.29, 1.82) is 0 Å². The Morgan fingerprint density at radius 3 is 2.53 bits per heavy atom. The van der Waals surface area contributed by atoms with Gasteiger partial charge in [-0.3, -0.25) is 9.59 Å². The molecule has 0 bridgehead atoms. The molecular weight excluding hydrogens is 486 g/mol. The summed E-state index contributed by atoms with van der Waals surface area (Å²) in [7, 11) is 0. The maximum Gasteiger partial charge on any atom is 0.365 e. The van der Waals surface area contributed by atoms with Crippen LogP contribution in [0.5, 0.6) is 0 Å². The fourth-order valence-electron chi connectivity index (χ4n) is 4.79. The summed E-state index contributed by atoms with van der Waals surface area (Å²) in [6, 6.07) is 0. The molecule has 0 saturated carbocycles. The number of aliphatic hydroxyl groups is 2. The fourth-order valence-corrected chi connectivity index (χ4v) is 5.40.